The summed E-state index contributed by atoms with van der Waals surface area (Å²) in [6.07, 6.45) is 0. The number of hydrogen-bond acceptors (Lipinski definition) is 4. The topological polar surface area (TPSA) is 105 Å². The molecule has 6 heteroatoms. The first kappa shape index (κ1) is 20.7. The van der Waals surface area contributed by atoms with Gasteiger partial charge in [-0.15, -0.1) is 0 Å². The van der Waals surface area contributed by atoms with E-state index in [1.54, 1.807) is 9.13 Å². The quantitative estimate of drug-likeness (QED) is 0.205. The number of rotatable bonds is 3. The zero-order valence-electron chi connectivity index (χ0n) is 29.8. The molecule has 0 aliphatic heterocycles. The lowest BCUT2D eigenvalue weighted by molar-refractivity contribution is 1.17. The van der Waals surface area contributed by atoms with Gasteiger partial charge in [0.05, 0.1) is 76.8 Å². The molecule has 0 bridgehead atoms. The molecule has 0 spiro atoms. The average molecular weight is 591 g/mol. The maximum absolute atomic E-state index is 9.79. The predicted molar refractivity (Wildman–Crippen MR) is 179 cm³/mol. The average Bonchev–Trinajstić information content (AvgIpc) is 3.65. The van der Waals surface area contributed by atoms with Crippen LogP contribution in [0.1, 0.15) is 30.5 Å². The normalized spacial score (nSPS) is 12.8. The standard InChI is InChI=1S/C40H20N6/c41-21-25-13-26(22-42)16-31(15-25)45-37-7-3-1-5-33(37)35-19-29(9-11-39(35)45)30-10-12-40-36(20-30)34-6-2-4-8-38(34)46(40)32-17-27(23-43)14-28(18-32)24-44/h1-20H/i13D,14D,15D,16D,17D,18D. The Bertz CT molecular complexity index is 2800. The molecule has 0 saturated heterocycles. The van der Waals surface area contributed by atoms with Crippen LogP contribution >= 0.6 is 0 Å². The first-order valence-electron chi connectivity index (χ1n) is 17.1. The molecule has 46 heavy (non-hydrogen) atoms. The van der Waals surface area contributed by atoms with Gasteiger partial charge in [0, 0.05) is 32.9 Å². The van der Waals surface area contributed by atoms with Gasteiger partial charge in [-0.1, -0.05) is 48.5 Å². The van der Waals surface area contributed by atoms with E-state index in [1.807, 2.05) is 109 Å². The maximum atomic E-state index is 9.79. The van der Waals surface area contributed by atoms with Crippen LogP contribution < -0.4 is 0 Å². The maximum Gasteiger partial charge on any atom is 0.0992 e. The summed E-state index contributed by atoms with van der Waals surface area (Å²) >= 11 is 0. The van der Waals surface area contributed by atoms with Crippen molar-refractivity contribution in [2.75, 3.05) is 0 Å². The van der Waals surface area contributed by atoms with Crippen LogP contribution in [-0.2, 0) is 0 Å². The van der Waals surface area contributed by atoms with Crippen LogP contribution in [0.25, 0.3) is 66.1 Å². The van der Waals surface area contributed by atoms with E-state index in [0.29, 0.717) is 22.1 Å². The molecule has 0 fully saturated rings. The summed E-state index contributed by atoms with van der Waals surface area (Å²) in [7, 11) is 0. The molecule has 0 aliphatic carbocycles. The van der Waals surface area contributed by atoms with Crippen molar-refractivity contribution in [3.63, 3.8) is 0 Å². The summed E-state index contributed by atoms with van der Waals surface area (Å²) in [4.78, 5) is 0. The molecule has 8 aromatic rings. The highest BCUT2D eigenvalue weighted by Gasteiger charge is 2.17. The van der Waals surface area contributed by atoms with Gasteiger partial charge in [-0.3, -0.25) is 0 Å². The van der Waals surface area contributed by atoms with Gasteiger partial charge in [-0.2, -0.15) is 21.0 Å². The van der Waals surface area contributed by atoms with E-state index in [1.165, 1.54) is 0 Å². The predicted octanol–water partition coefficient (Wildman–Crippen LogP) is 9.03. The van der Waals surface area contributed by atoms with Crippen LogP contribution in [0.15, 0.2) is 121 Å². The SMILES string of the molecule is [2H]c1c(C#N)c([2H])c(-n2c3ccccc3c3cc(-c4ccc5c(c4)c4ccccc4n5-c4c([2H])c(C#N)c([2H])c(C#N)c4[2H])ccc32)c([2H])c1C#N. The molecule has 0 aliphatic rings. The van der Waals surface area contributed by atoms with Gasteiger partial charge in [0.1, 0.15) is 0 Å². The van der Waals surface area contributed by atoms with Crippen LogP contribution in [0.3, 0.4) is 0 Å². The van der Waals surface area contributed by atoms with Gasteiger partial charge in [0.25, 0.3) is 0 Å². The molecule has 0 atom stereocenters. The molecule has 0 saturated carbocycles. The summed E-state index contributed by atoms with van der Waals surface area (Å²) in [5.41, 5.74) is 3.22. The molecule has 0 radical (unpaired) electrons. The lowest BCUT2D eigenvalue weighted by Gasteiger charge is -2.10. The minimum Gasteiger partial charge on any atom is -0.309 e. The zero-order valence-corrected chi connectivity index (χ0v) is 23.8. The van der Waals surface area contributed by atoms with E-state index in [9.17, 15) is 21.0 Å². The van der Waals surface area contributed by atoms with E-state index in [-0.39, 0.29) is 57.8 Å². The summed E-state index contributed by atoms with van der Waals surface area (Å²) in [5, 5.41) is 42.4. The molecule has 2 heterocycles. The fourth-order valence-corrected chi connectivity index (χ4v) is 6.15. The Kier molecular flexibility index (Phi) is 4.62. The molecular weight excluding hydrogens is 564 g/mol. The van der Waals surface area contributed by atoms with E-state index in [0.717, 1.165) is 32.7 Å². The first-order valence-corrected chi connectivity index (χ1v) is 14.1. The Morgan fingerprint density at radius 3 is 1.13 bits per heavy atom. The number of fused-ring (bicyclic) bond motifs is 6. The Morgan fingerprint density at radius 2 is 0.761 bits per heavy atom. The number of nitriles is 4. The molecule has 2 aromatic heterocycles. The fraction of sp³-hybridized carbons (Fsp3) is 0. The van der Waals surface area contributed by atoms with Crippen molar-refractivity contribution in [3.05, 3.63) is 143 Å². The van der Waals surface area contributed by atoms with Crippen molar-refractivity contribution in [2.45, 2.75) is 0 Å². The van der Waals surface area contributed by atoms with Crippen LogP contribution in [0.4, 0.5) is 0 Å². The van der Waals surface area contributed by atoms with E-state index < -0.39 is 12.1 Å². The van der Waals surface area contributed by atoms with E-state index >= 15 is 0 Å². The summed E-state index contributed by atoms with van der Waals surface area (Å²) in [6.45, 7) is 0. The molecule has 6 aromatic carbocycles. The summed E-state index contributed by atoms with van der Waals surface area (Å²) < 4.78 is 55.3. The second-order valence-corrected chi connectivity index (χ2v) is 10.6. The largest absolute Gasteiger partial charge is 0.309 e. The second-order valence-electron chi connectivity index (χ2n) is 10.6. The minimum atomic E-state index is -0.439. The van der Waals surface area contributed by atoms with Crippen molar-refractivity contribution in [1.29, 1.82) is 21.0 Å². The van der Waals surface area contributed by atoms with Gasteiger partial charge in [0.15, 0.2) is 0 Å². The van der Waals surface area contributed by atoms with Gasteiger partial charge in [0.2, 0.25) is 0 Å². The Morgan fingerprint density at radius 1 is 0.413 bits per heavy atom. The van der Waals surface area contributed by atoms with Gasteiger partial charge >= 0.3 is 0 Å². The van der Waals surface area contributed by atoms with Gasteiger partial charge < -0.3 is 9.13 Å². The third-order valence-corrected chi connectivity index (χ3v) is 8.05. The molecule has 0 amide bonds. The van der Waals surface area contributed by atoms with Gasteiger partial charge in [-0.25, -0.2) is 0 Å². The van der Waals surface area contributed by atoms with Crippen molar-refractivity contribution in [1.82, 2.24) is 9.13 Å². The summed E-state index contributed by atoms with van der Waals surface area (Å²) in [6, 6.07) is 31.8. The van der Waals surface area contributed by atoms with Crippen LogP contribution in [0, 0.1) is 45.3 Å². The van der Waals surface area contributed by atoms with Crippen molar-refractivity contribution in [2.24, 2.45) is 0 Å². The number of benzene rings is 6. The van der Waals surface area contributed by atoms with E-state index in [2.05, 4.69) is 0 Å². The molecule has 210 valence electrons. The van der Waals surface area contributed by atoms with Crippen LogP contribution in [0.5, 0.6) is 0 Å². The zero-order chi connectivity index (χ0) is 36.6. The van der Waals surface area contributed by atoms with Crippen LogP contribution in [-0.4, -0.2) is 9.13 Å². The third kappa shape index (κ3) is 4.00. The molecule has 0 N–H and O–H groups in total. The van der Waals surface area contributed by atoms with Crippen molar-refractivity contribution in [3.8, 4) is 46.8 Å². The lowest BCUT2D eigenvalue weighted by Crippen LogP contribution is -1.96. The number of nitrogens with zero attached hydrogens (tertiary/aromatic N) is 6. The van der Waals surface area contributed by atoms with Crippen molar-refractivity contribution < 1.29 is 8.22 Å². The third-order valence-electron chi connectivity index (χ3n) is 8.05. The molecular formula is C40H20N6. The van der Waals surface area contributed by atoms with Crippen LogP contribution in [0.2, 0.25) is 0 Å². The fourth-order valence-electron chi connectivity index (χ4n) is 6.15. The Balaban J connectivity index is 1.39. The highest BCUT2D eigenvalue weighted by molar-refractivity contribution is 6.12. The summed E-state index contributed by atoms with van der Waals surface area (Å²) in [5.74, 6) is 0. The van der Waals surface area contributed by atoms with E-state index in [4.69, 9.17) is 8.22 Å². The number of aromatic nitrogens is 2. The second kappa shape index (κ2) is 10.3. The Hall–Kier alpha value is -7.12. The Labute approximate surface area is 272 Å². The number of para-hydroxylation sites is 2. The minimum absolute atomic E-state index is 0.0392. The van der Waals surface area contributed by atoms with Gasteiger partial charge in [-0.05, 0) is 83.8 Å². The first-order chi connectivity index (χ1) is 25.2. The highest BCUT2D eigenvalue weighted by atomic mass is 15.0. The monoisotopic (exact) mass is 590 g/mol. The smallest absolute Gasteiger partial charge is 0.0992 e. The molecule has 8 rings (SSSR count). The number of hydrogen-bond donors (Lipinski definition) is 0. The highest BCUT2D eigenvalue weighted by Crippen LogP contribution is 2.38. The lowest BCUT2D eigenvalue weighted by atomic mass is 10.0. The molecule has 0 unspecified atom stereocenters. The van der Waals surface area contributed by atoms with Crippen molar-refractivity contribution >= 4 is 43.6 Å². The molecule has 6 nitrogen and oxygen atoms in total.